The summed E-state index contributed by atoms with van der Waals surface area (Å²) in [5.74, 6) is -0.00399. The zero-order chi connectivity index (χ0) is 15.4. The van der Waals surface area contributed by atoms with Gasteiger partial charge in [0.2, 0.25) is 5.13 Å². The maximum atomic E-state index is 5.34. The third-order valence-corrected chi connectivity index (χ3v) is 3.77. The van der Waals surface area contributed by atoms with Crippen LogP contribution >= 0.6 is 23.6 Å². The Morgan fingerprint density at radius 2 is 2.10 bits per heavy atom. The van der Waals surface area contributed by atoms with E-state index < -0.39 is 0 Å². The largest absolute Gasteiger partial charge is 0.370 e. The van der Waals surface area contributed by atoms with E-state index in [1.54, 1.807) is 0 Å². The number of aromatic nitrogens is 2. The van der Waals surface area contributed by atoms with Gasteiger partial charge in [0.1, 0.15) is 5.69 Å². The highest BCUT2D eigenvalue weighted by Crippen LogP contribution is 2.25. The number of pyridine rings is 1. The molecule has 0 spiro atoms. The number of aliphatic imine (C=N–C) groups is 1. The maximum absolute atomic E-state index is 5.34. The zero-order valence-corrected chi connectivity index (χ0v) is 13.4. The highest BCUT2D eigenvalue weighted by Gasteiger charge is 2.08. The molecule has 2 aromatic heterocycles. The van der Waals surface area contributed by atoms with Crippen molar-refractivity contribution in [2.24, 2.45) is 16.5 Å². The van der Waals surface area contributed by atoms with Crippen LogP contribution < -0.4 is 11.5 Å². The number of nitrogens with two attached hydrogens (primary N) is 2. The van der Waals surface area contributed by atoms with Crippen LogP contribution in [-0.2, 0) is 6.54 Å². The predicted molar refractivity (Wildman–Crippen MR) is 90.6 cm³/mol. The van der Waals surface area contributed by atoms with E-state index in [0.29, 0.717) is 11.7 Å². The van der Waals surface area contributed by atoms with E-state index in [9.17, 15) is 0 Å². The number of hydrogen-bond donors (Lipinski definition) is 2. The number of rotatable bonds is 4. The smallest absolute Gasteiger partial charge is 0.212 e. The maximum Gasteiger partial charge on any atom is 0.212 e. The van der Waals surface area contributed by atoms with Crippen LogP contribution in [0.15, 0.2) is 28.6 Å². The van der Waals surface area contributed by atoms with Gasteiger partial charge in [-0.15, -0.1) is 11.3 Å². The Morgan fingerprint density at radius 3 is 2.76 bits per heavy atom. The van der Waals surface area contributed by atoms with Crippen LogP contribution in [0.1, 0.15) is 12.6 Å². The Morgan fingerprint density at radius 1 is 1.33 bits per heavy atom. The highest BCUT2D eigenvalue weighted by molar-refractivity contribution is 7.80. The van der Waals surface area contributed by atoms with Gasteiger partial charge >= 0.3 is 0 Å². The van der Waals surface area contributed by atoms with Gasteiger partial charge in [-0.3, -0.25) is 0 Å². The molecule has 0 aliphatic rings. The van der Waals surface area contributed by atoms with Crippen molar-refractivity contribution in [2.75, 3.05) is 7.05 Å². The normalized spacial score (nSPS) is 10.2. The molecular formula is C13H16N6S2. The molecule has 2 aromatic rings. The summed E-state index contributed by atoms with van der Waals surface area (Å²) in [6.07, 6.45) is 0. The molecule has 2 heterocycles. The number of thiazole rings is 1. The fraction of sp³-hybridized carbons (Fsp3) is 0.231. The van der Waals surface area contributed by atoms with Crippen LogP contribution in [-0.4, -0.2) is 32.9 Å². The molecule has 0 saturated heterocycles. The fourth-order valence-corrected chi connectivity index (χ4v) is 2.37. The highest BCUT2D eigenvalue weighted by atomic mass is 32.1. The van der Waals surface area contributed by atoms with Gasteiger partial charge in [-0.2, -0.15) is 4.99 Å². The van der Waals surface area contributed by atoms with Crippen LogP contribution in [0.3, 0.4) is 0 Å². The van der Waals surface area contributed by atoms with Crippen molar-refractivity contribution in [1.29, 1.82) is 0 Å². The van der Waals surface area contributed by atoms with Crippen molar-refractivity contribution in [3.05, 3.63) is 29.3 Å². The third kappa shape index (κ3) is 4.20. The standard InChI is InChI=1S/C13H16N6S2/c1-8(20)19(2)6-9-4-3-5-10(16-9)11-7-21-13(17-11)18-12(14)15/h3-5,7H,6H2,1-2H3,(H4,14,15,17,18). The minimum Gasteiger partial charge on any atom is -0.370 e. The van der Waals surface area contributed by atoms with E-state index in [1.807, 2.05) is 42.5 Å². The van der Waals surface area contributed by atoms with Gasteiger partial charge in [-0.25, -0.2) is 9.97 Å². The van der Waals surface area contributed by atoms with Crippen LogP contribution in [0.2, 0.25) is 0 Å². The molecule has 4 N–H and O–H groups in total. The molecule has 0 saturated carbocycles. The van der Waals surface area contributed by atoms with E-state index >= 15 is 0 Å². The van der Waals surface area contributed by atoms with E-state index in [4.69, 9.17) is 23.7 Å². The number of nitrogens with zero attached hydrogens (tertiary/aromatic N) is 4. The molecule has 0 amide bonds. The van der Waals surface area contributed by atoms with E-state index in [1.165, 1.54) is 11.3 Å². The predicted octanol–water partition coefficient (Wildman–Crippen LogP) is 1.89. The lowest BCUT2D eigenvalue weighted by Crippen LogP contribution is -2.22. The summed E-state index contributed by atoms with van der Waals surface area (Å²) in [6.45, 7) is 2.55. The zero-order valence-electron chi connectivity index (χ0n) is 11.8. The lowest BCUT2D eigenvalue weighted by Gasteiger charge is -2.16. The fourth-order valence-electron chi connectivity index (χ4n) is 1.61. The minimum absolute atomic E-state index is 0.00399. The van der Waals surface area contributed by atoms with E-state index in [2.05, 4.69) is 15.0 Å². The summed E-state index contributed by atoms with van der Waals surface area (Å²) in [5.41, 5.74) is 13.1. The molecule has 0 aliphatic carbocycles. The van der Waals surface area contributed by atoms with Crippen LogP contribution in [0.25, 0.3) is 11.4 Å². The topological polar surface area (TPSA) is 93.4 Å². The number of hydrogen-bond acceptors (Lipinski definition) is 5. The van der Waals surface area contributed by atoms with Crippen molar-refractivity contribution in [1.82, 2.24) is 14.9 Å². The molecule has 2 rings (SSSR count). The van der Waals surface area contributed by atoms with Crippen molar-refractivity contribution >= 4 is 39.6 Å². The lowest BCUT2D eigenvalue weighted by molar-refractivity contribution is 0.499. The van der Waals surface area contributed by atoms with Gasteiger partial charge < -0.3 is 16.4 Å². The molecule has 0 bridgehead atoms. The molecule has 21 heavy (non-hydrogen) atoms. The quantitative estimate of drug-likeness (QED) is 0.507. The summed E-state index contributed by atoms with van der Waals surface area (Å²) in [7, 11) is 1.94. The van der Waals surface area contributed by atoms with E-state index in [0.717, 1.165) is 22.1 Å². The number of guanidine groups is 1. The van der Waals surface area contributed by atoms with Gasteiger partial charge in [0.05, 0.1) is 22.9 Å². The Balaban J connectivity index is 2.23. The lowest BCUT2D eigenvalue weighted by atomic mass is 10.2. The average molecular weight is 320 g/mol. The molecule has 8 heteroatoms. The van der Waals surface area contributed by atoms with Gasteiger partial charge in [0, 0.05) is 12.4 Å². The second kappa shape index (κ2) is 6.59. The molecule has 0 radical (unpaired) electrons. The first-order valence-corrected chi connectivity index (χ1v) is 7.47. The average Bonchev–Trinajstić information content (AvgIpc) is 2.86. The molecule has 0 fully saturated rings. The van der Waals surface area contributed by atoms with Crippen molar-refractivity contribution < 1.29 is 0 Å². The number of thiocarbonyl (C=S) groups is 1. The molecule has 110 valence electrons. The third-order valence-electron chi connectivity index (χ3n) is 2.72. The Bertz CT molecular complexity index is 675. The van der Waals surface area contributed by atoms with Gasteiger partial charge in [0.15, 0.2) is 5.96 Å². The van der Waals surface area contributed by atoms with Crippen LogP contribution in [0, 0.1) is 0 Å². The summed E-state index contributed by atoms with van der Waals surface area (Å²) in [5, 5.41) is 2.39. The molecule has 6 nitrogen and oxygen atoms in total. The van der Waals surface area contributed by atoms with Gasteiger partial charge in [-0.05, 0) is 19.1 Å². The van der Waals surface area contributed by atoms with Gasteiger partial charge in [0.25, 0.3) is 0 Å². The minimum atomic E-state index is -0.00399. The Labute approximate surface area is 132 Å². The second-order valence-electron chi connectivity index (χ2n) is 4.44. The molecule has 0 atom stereocenters. The first kappa shape index (κ1) is 15.3. The van der Waals surface area contributed by atoms with Crippen molar-refractivity contribution in [3.63, 3.8) is 0 Å². The molecule has 0 aliphatic heterocycles. The van der Waals surface area contributed by atoms with Crippen LogP contribution in [0.4, 0.5) is 5.13 Å². The monoisotopic (exact) mass is 320 g/mol. The first-order valence-electron chi connectivity index (χ1n) is 6.19. The summed E-state index contributed by atoms with van der Waals surface area (Å²) >= 11 is 6.50. The molecule has 0 aromatic carbocycles. The summed E-state index contributed by atoms with van der Waals surface area (Å²) < 4.78 is 0. The van der Waals surface area contributed by atoms with Crippen molar-refractivity contribution in [2.45, 2.75) is 13.5 Å². The summed E-state index contributed by atoms with van der Waals surface area (Å²) in [6, 6.07) is 5.81. The van der Waals surface area contributed by atoms with Crippen LogP contribution in [0.5, 0.6) is 0 Å². The molecular weight excluding hydrogens is 304 g/mol. The Kier molecular flexibility index (Phi) is 4.81. The van der Waals surface area contributed by atoms with Crippen molar-refractivity contribution in [3.8, 4) is 11.4 Å². The van der Waals surface area contributed by atoms with E-state index in [-0.39, 0.29) is 5.96 Å². The first-order chi connectivity index (χ1) is 9.95. The second-order valence-corrected chi connectivity index (χ2v) is 5.87. The Hall–Kier alpha value is -2.06. The summed E-state index contributed by atoms with van der Waals surface area (Å²) in [4.78, 5) is 15.7. The van der Waals surface area contributed by atoms with Gasteiger partial charge in [-0.1, -0.05) is 18.3 Å². The molecule has 0 unspecified atom stereocenters. The SMILES string of the molecule is CC(=S)N(C)Cc1cccc(-c2csc(N=C(N)N)n2)n1.